The molecule has 0 atom stereocenters. The van der Waals surface area contributed by atoms with Gasteiger partial charge in [-0.05, 0) is 42.2 Å². The molecule has 2 aromatic rings. The molecule has 0 fully saturated rings. The van der Waals surface area contributed by atoms with E-state index in [1.165, 1.54) is 18.4 Å². The Hall–Kier alpha value is -1.88. The van der Waals surface area contributed by atoms with Gasteiger partial charge in [-0.3, -0.25) is 0 Å². The molecule has 1 N–H and O–H groups in total. The first-order chi connectivity index (χ1) is 9.11. The van der Waals surface area contributed by atoms with Crippen molar-refractivity contribution in [2.45, 2.75) is 12.8 Å². The van der Waals surface area contributed by atoms with Crippen LogP contribution in [0, 0.1) is 5.82 Å². The minimum absolute atomic E-state index is 0.234. The van der Waals surface area contributed by atoms with Crippen molar-refractivity contribution in [1.29, 1.82) is 0 Å². The number of hydrogen-bond acceptors (Lipinski definition) is 3. The Labute approximate surface area is 113 Å². The lowest BCUT2D eigenvalue weighted by Gasteiger charge is -2.18. The third kappa shape index (κ3) is 1.81. The van der Waals surface area contributed by atoms with Crippen molar-refractivity contribution in [3.8, 4) is 16.2 Å². The molecule has 3 nitrogen and oxygen atoms in total. The van der Waals surface area contributed by atoms with Crippen LogP contribution in [0.2, 0.25) is 0 Å². The second-order valence-corrected chi connectivity index (χ2v) is 5.43. The van der Waals surface area contributed by atoms with E-state index in [9.17, 15) is 9.18 Å². The van der Waals surface area contributed by atoms with E-state index in [0.717, 1.165) is 16.0 Å². The number of hydrogen-bond donors (Lipinski definition) is 1. The lowest BCUT2D eigenvalue weighted by molar-refractivity contribution is 0.0702. The molecule has 19 heavy (non-hydrogen) atoms. The van der Waals surface area contributed by atoms with Crippen LogP contribution in [0.1, 0.15) is 20.8 Å². The maximum Gasteiger partial charge on any atom is 0.345 e. The van der Waals surface area contributed by atoms with Crippen molar-refractivity contribution < 1.29 is 19.0 Å². The zero-order valence-corrected chi connectivity index (χ0v) is 11.0. The number of benzene rings is 1. The van der Waals surface area contributed by atoms with Gasteiger partial charge >= 0.3 is 5.97 Å². The Balaban J connectivity index is 2.19. The van der Waals surface area contributed by atoms with E-state index in [1.54, 1.807) is 18.2 Å². The molecule has 0 radical (unpaired) electrons. The Morgan fingerprint density at radius 2 is 2.21 bits per heavy atom. The fourth-order valence-electron chi connectivity index (χ4n) is 2.42. The second kappa shape index (κ2) is 4.35. The van der Waals surface area contributed by atoms with Crippen LogP contribution in [-0.2, 0) is 12.8 Å². The molecule has 5 heteroatoms. The van der Waals surface area contributed by atoms with Gasteiger partial charge in [-0.25, -0.2) is 9.18 Å². The number of thiophene rings is 1. The molecule has 1 heterocycles. The number of carbonyl (C=O) groups is 1. The Morgan fingerprint density at radius 3 is 2.89 bits per heavy atom. The molecule has 1 aliphatic rings. The molecule has 0 saturated carbocycles. The van der Waals surface area contributed by atoms with Gasteiger partial charge in [0.25, 0.3) is 0 Å². The number of carboxylic acids is 1. The van der Waals surface area contributed by atoms with Crippen LogP contribution in [-0.4, -0.2) is 18.2 Å². The van der Waals surface area contributed by atoms with Gasteiger partial charge in [0.15, 0.2) is 11.6 Å². The first-order valence-electron chi connectivity index (χ1n) is 5.83. The number of aromatic carboxylic acids is 1. The van der Waals surface area contributed by atoms with Gasteiger partial charge in [0.2, 0.25) is 0 Å². The predicted octanol–water partition coefficient (Wildman–Crippen LogP) is 3.36. The largest absolute Gasteiger partial charge is 0.494 e. The van der Waals surface area contributed by atoms with Gasteiger partial charge in [0.05, 0.1) is 7.11 Å². The van der Waals surface area contributed by atoms with Gasteiger partial charge in [-0.15, -0.1) is 11.3 Å². The number of aryl methyl sites for hydroxylation is 1. The number of methoxy groups -OCH3 is 1. The molecular weight excluding hydrogens is 267 g/mol. The van der Waals surface area contributed by atoms with Crippen LogP contribution in [0.25, 0.3) is 10.4 Å². The van der Waals surface area contributed by atoms with Gasteiger partial charge in [-0.1, -0.05) is 0 Å². The topological polar surface area (TPSA) is 46.5 Å². The van der Waals surface area contributed by atoms with Gasteiger partial charge in [-0.2, -0.15) is 0 Å². The minimum Gasteiger partial charge on any atom is -0.494 e. The first kappa shape index (κ1) is 12.2. The van der Waals surface area contributed by atoms with E-state index in [0.29, 0.717) is 23.3 Å². The third-order valence-electron chi connectivity index (χ3n) is 3.34. The Morgan fingerprint density at radius 1 is 1.42 bits per heavy atom. The van der Waals surface area contributed by atoms with Crippen molar-refractivity contribution >= 4 is 17.3 Å². The van der Waals surface area contributed by atoms with Crippen LogP contribution < -0.4 is 4.74 Å². The molecule has 0 saturated heterocycles. The minimum atomic E-state index is -0.935. The van der Waals surface area contributed by atoms with Crippen molar-refractivity contribution in [1.82, 2.24) is 0 Å². The standard InChI is InChI=1S/C14H11FO3S/c1-18-10-5-4-9-8(12(10)15)3-2-7-6-11(14(16)17)19-13(7)9/h4-6H,2-3H2,1H3,(H,16,17). The van der Waals surface area contributed by atoms with Gasteiger partial charge in [0, 0.05) is 10.4 Å². The summed E-state index contributed by atoms with van der Waals surface area (Å²) in [4.78, 5) is 12.2. The highest BCUT2D eigenvalue weighted by Crippen LogP contribution is 2.42. The van der Waals surface area contributed by atoms with Crippen LogP contribution >= 0.6 is 11.3 Å². The van der Waals surface area contributed by atoms with Crippen LogP contribution in [0.5, 0.6) is 5.75 Å². The normalized spacial score (nSPS) is 12.7. The van der Waals surface area contributed by atoms with E-state index in [2.05, 4.69) is 0 Å². The first-order valence-corrected chi connectivity index (χ1v) is 6.65. The van der Waals surface area contributed by atoms with Crippen molar-refractivity contribution in [2.75, 3.05) is 7.11 Å². The Kier molecular flexibility index (Phi) is 2.78. The average molecular weight is 278 g/mol. The highest BCUT2D eigenvalue weighted by Gasteiger charge is 2.25. The SMILES string of the molecule is COc1ccc2c(c1F)CCc1cc(C(=O)O)sc1-2. The van der Waals surface area contributed by atoms with Crippen LogP contribution in [0.3, 0.4) is 0 Å². The molecule has 0 unspecified atom stereocenters. The summed E-state index contributed by atoms with van der Waals surface area (Å²) < 4.78 is 19.2. The highest BCUT2D eigenvalue weighted by atomic mass is 32.1. The van der Waals surface area contributed by atoms with Crippen molar-refractivity contribution in [3.63, 3.8) is 0 Å². The summed E-state index contributed by atoms with van der Waals surface area (Å²) in [5.74, 6) is -1.04. The van der Waals surface area contributed by atoms with E-state index >= 15 is 0 Å². The number of fused-ring (bicyclic) bond motifs is 3. The fraction of sp³-hybridized carbons (Fsp3) is 0.214. The number of rotatable bonds is 2. The average Bonchev–Trinajstić information content (AvgIpc) is 2.83. The zero-order valence-electron chi connectivity index (χ0n) is 10.2. The smallest absolute Gasteiger partial charge is 0.345 e. The summed E-state index contributed by atoms with van der Waals surface area (Å²) in [6.07, 6.45) is 1.23. The highest BCUT2D eigenvalue weighted by molar-refractivity contribution is 7.17. The van der Waals surface area contributed by atoms with E-state index < -0.39 is 5.97 Å². The second-order valence-electron chi connectivity index (χ2n) is 4.38. The summed E-state index contributed by atoms with van der Waals surface area (Å²) in [5.41, 5.74) is 2.39. The lowest BCUT2D eigenvalue weighted by Crippen LogP contribution is -2.05. The zero-order chi connectivity index (χ0) is 13.6. The monoisotopic (exact) mass is 278 g/mol. The van der Waals surface area contributed by atoms with Crippen LogP contribution in [0.4, 0.5) is 4.39 Å². The predicted molar refractivity (Wildman–Crippen MR) is 70.6 cm³/mol. The molecule has 98 valence electrons. The summed E-state index contributed by atoms with van der Waals surface area (Å²) in [6.45, 7) is 0. The lowest BCUT2D eigenvalue weighted by atomic mass is 9.91. The van der Waals surface area contributed by atoms with Gasteiger partial charge in [0.1, 0.15) is 4.88 Å². The van der Waals surface area contributed by atoms with Crippen molar-refractivity contribution in [3.05, 3.63) is 40.0 Å². The quantitative estimate of drug-likeness (QED) is 0.916. The number of halogens is 1. The number of ether oxygens (including phenoxy) is 1. The molecule has 1 aromatic heterocycles. The maximum absolute atomic E-state index is 14.2. The molecule has 0 aliphatic heterocycles. The fourth-order valence-corrected chi connectivity index (χ4v) is 3.52. The van der Waals surface area contributed by atoms with E-state index in [1.807, 2.05) is 0 Å². The third-order valence-corrected chi connectivity index (χ3v) is 4.54. The van der Waals surface area contributed by atoms with Crippen LogP contribution in [0.15, 0.2) is 18.2 Å². The molecule has 1 aromatic carbocycles. The summed E-state index contributed by atoms with van der Waals surface area (Å²) in [5, 5.41) is 9.04. The summed E-state index contributed by atoms with van der Waals surface area (Å²) >= 11 is 1.20. The molecule has 3 rings (SSSR count). The summed E-state index contributed by atoms with van der Waals surface area (Å²) in [6, 6.07) is 5.08. The van der Waals surface area contributed by atoms with E-state index in [4.69, 9.17) is 9.84 Å². The molecule has 0 bridgehead atoms. The molecule has 0 amide bonds. The van der Waals surface area contributed by atoms with Crippen molar-refractivity contribution in [2.24, 2.45) is 0 Å². The number of carboxylic acid groups (broad SMARTS) is 1. The molecular formula is C14H11FO3S. The molecule has 0 spiro atoms. The summed E-state index contributed by atoms with van der Waals surface area (Å²) in [7, 11) is 1.44. The maximum atomic E-state index is 14.2. The van der Waals surface area contributed by atoms with Gasteiger partial charge < -0.3 is 9.84 Å². The van der Waals surface area contributed by atoms with E-state index in [-0.39, 0.29) is 11.6 Å². The Bertz CT molecular complexity index is 676. The molecule has 1 aliphatic carbocycles.